The first-order chi connectivity index (χ1) is 32.1. The number of benzene rings is 6. The molecule has 0 fully saturated rings. The maximum Gasteiger partial charge on any atom is 0.323 e. The van der Waals surface area contributed by atoms with Crippen LogP contribution < -0.4 is 31.9 Å². The van der Waals surface area contributed by atoms with E-state index in [2.05, 4.69) is 31.9 Å². The monoisotopic (exact) mass is 1020 g/mol. The van der Waals surface area contributed by atoms with Crippen LogP contribution in [-0.4, -0.2) is 81.5 Å². The fourth-order valence-corrected chi connectivity index (χ4v) is 8.52. The summed E-state index contributed by atoms with van der Waals surface area (Å²) < 4.78 is 133. The van der Waals surface area contributed by atoms with Gasteiger partial charge in [-0.1, -0.05) is 29.8 Å². The minimum absolute atomic E-state index is 0.00653. The molecule has 10 N–H and O–H groups in total. The van der Waals surface area contributed by atoms with E-state index in [9.17, 15) is 75.9 Å². The van der Waals surface area contributed by atoms with Crippen LogP contribution in [-0.2, 0) is 40.5 Å². The largest absolute Gasteiger partial charge is 0.323 e. The summed E-state index contributed by atoms with van der Waals surface area (Å²) in [5.74, 6) is -4.01. The fraction of sp³-hybridized carbons (Fsp3) is 0.0238. The summed E-state index contributed by atoms with van der Waals surface area (Å²) in [5, 5.41) is 14.3. The zero-order valence-corrected chi connectivity index (χ0v) is 38.1. The molecule has 6 aromatic rings. The summed E-state index contributed by atoms with van der Waals surface area (Å²) in [6.07, 6.45) is 0. The predicted octanol–water partition coefficient (Wildman–Crippen LogP) is 5.64. The van der Waals surface area contributed by atoms with Crippen LogP contribution in [0, 0.1) is 6.92 Å². The van der Waals surface area contributed by atoms with Crippen molar-refractivity contribution in [2.24, 2.45) is 0 Å². The molecule has 0 bridgehead atoms. The lowest BCUT2D eigenvalue weighted by atomic mass is 10.1. The van der Waals surface area contributed by atoms with E-state index in [4.69, 9.17) is 0 Å². The SMILES string of the molecule is Cc1ccc(NC(=O)c2cc(NC(=O)Nc3cc(C(=O)Nc4ccc(S(=O)(=O)O)cc4)cc(C(=O)Nc4ccccc4S(=O)(=O)O)c3)cc(C(=O)Nc3ccc(S(=O)(=O)O)cc3S(=O)(=O)O)c2)cc1. The van der Waals surface area contributed by atoms with Crippen molar-refractivity contribution < 1.29 is 75.9 Å². The molecule has 23 nitrogen and oxygen atoms in total. The van der Waals surface area contributed by atoms with Crippen LogP contribution >= 0.6 is 0 Å². The van der Waals surface area contributed by atoms with E-state index in [1.807, 2.05) is 0 Å². The molecule has 0 radical (unpaired) electrons. The third kappa shape index (κ3) is 13.2. The van der Waals surface area contributed by atoms with E-state index in [1.165, 1.54) is 12.1 Å². The number of nitrogens with one attached hydrogen (secondary N) is 6. The summed E-state index contributed by atoms with van der Waals surface area (Å²) in [4.78, 5) is 64.8. The van der Waals surface area contributed by atoms with Gasteiger partial charge < -0.3 is 31.9 Å². The van der Waals surface area contributed by atoms with Gasteiger partial charge in [0.05, 0.1) is 21.2 Å². The molecule has 0 unspecified atom stereocenters. The number of amides is 6. The summed E-state index contributed by atoms with van der Waals surface area (Å²) in [6, 6.07) is 22.5. The van der Waals surface area contributed by atoms with Gasteiger partial charge in [0, 0.05) is 45.0 Å². The molecule has 0 atom stereocenters. The summed E-state index contributed by atoms with van der Waals surface area (Å²) in [5.41, 5.74) is -1.87. The molecular formula is C42H34N6O17S4. The van der Waals surface area contributed by atoms with Gasteiger partial charge in [-0.05, 0) is 110 Å². The number of hydrogen-bond acceptors (Lipinski definition) is 13. The quantitative estimate of drug-likeness (QED) is 0.0590. The van der Waals surface area contributed by atoms with Gasteiger partial charge in [-0.2, -0.15) is 33.7 Å². The average molecular weight is 1020 g/mol. The standard InChI is InChI=1S/C42H34N6O17S4/c1-23-6-8-28(9-7-23)43-38(49)24-17-27(41(52)48-35-15-14-33(67(57,58)59)22-37(35)69(63,64)65)21-31(18-24)46-42(53)45-30-19-25(39(50)44-29-10-12-32(13-11-29)66(54,55)56)16-26(20-30)40(51)47-34-4-2-3-5-36(34)68(60,61)62/h2-22H,1H3,(H,43,49)(H,44,50)(H,47,51)(H,48,52)(H2,45,46,53)(H,54,55,56)(H,57,58,59)(H,60,61,62)(H,63,64,65). The molecule has 0 saturated carbocycles. The average Bonchev–Trinajstić information content (AvgIpc) is 3.26. The highest BCUT2D eigenvalue weighted by molar-refractivity contribution is 7.87. The van der Waals surface area contributed by atoms with Crippen molar-refractivity contribution in [2.75, 3.05) is 31.9 Å². The predicted molar refractivity (Wildman–Crippen MR) is 247 cm³/mol. The van der Waals surface area contributed by atoms with Crippen LogP contribution in [0.25, 0.3) is 0 Å². The van der Waals surface area contributed by atoms with E-state index >= 15 is 0 Å². The maximum absolute atomic E-state index is 13.7. The number of carbonyl (C=O) groups is 5. The molecule has 6 amide bonds. The summed E-state index contributed by atoms with van der Waals surface area (Å²) in [6.45, 7) is 1.80. The van der Waals surface area contributed by atoms with Crippen LogP contribution in [0.3, 0.4) is 0 Å². The molecule has 27 heteroatoms. The topological polar surface area (TPSA) is 375 Å². The molecular weight excluding hydrogens is 989 g/mol. The van der Waals surface area contributed by atoms with Crippen LogP contribution in [0.4, 0.5) is 38.9 Å². The van der Waals surface area contributed by atoms with Crippen molar-refractivity contribution in [3.63, 3.8) is 0 Å². The van der Waals surface area contributed by atoms with E-state index in [-0.39, 0.29) is 39.4 Å². The van der Waals surface area contributed by atoms with Gasteiger partial charge in [-0.3, -0.25) is 37.4 Å². The highest BCUT2D eigenvalue weighted by Crippen LogP contribution is 2.28. The van der Waals surface area contributed by atoms with Gasteiger partial charge in [0.25, 0.3) is 64.1 Å². The van der Waals surface area contributed by atoms with Gasteiger partial charge in [-0.15, -0.1) is 0 Å². The fourth-order valence-electron chi connectivity index (χ4n) is 6.13. The Balaban J connectivity index is 1.35. The minimum Gasteiger partial charge on any atom is -0.322 e. The number of aryl methyl sites for hydroxylation is 1. The van der Waals surface area contributed by atoms with Crippen molar-refractivity contribution in [1.82, 2.24) is 0 Å². The zero-order valence-electron chi connectivity index (χ0n) is 34.9. The van der Waals surface area contributed by atoms with Crippen LogP contribution in [0.1, 0.15) is 47.0 Å². The molecule has 0 aliphatic carbocycles. The Morgan fingerprint density at radius 2 is 0.739 bits per heavy atom. The van der Waals surface area contributed by atoms with Crippen molar-refractivity contribution >= 4 is 104 Å². The first-order valence-corrected chi connectivity index (χ1v) is 24.8. The first-order valence-electron chi connectivity index (χ1n) is 19.1. The number of hydrogen-bond donors (Lipinski definition) is 10. The Morgan fingerprint density at radius 1 is 0.362 bits per heavy atom. The molecule has 69 heavy (non-hydrogen) atoms. The summed E-state index contributed by atoms with van der Waals surface area (Å²) >= 11 is 0. The number of anilines is 6. The number of para-hydroxylation sites is 1. The number of urea groups is 1. The van der Waals surface area contributed by atoms with Gasteiger partial charge in [-0.25, -0.2) is 4.79 Å². The highest BCUT2D eigenvalue weighted by Gasteiger charge is 2.24. The molecule has 6 rings (SSSR count). The second-order valence-corrected chi connectivity index (χ2v) is 20.1. The normalized spacial score (nSPS) is 11.7. The molecule has 0 heterocycles. The lowest BCUT2D eigenvalue weighted by Gasteiger charge is -2.15. The van der Waals surface area contributed by atoms with E-state index in [0.717, 1.165) is 90.5 Å². The van der Waals surface area contributed by atoms with E-state index in [1.54, 1.807) is 31.2 Å². The first kappa shape index (κ1) is 50.5. The number of rotatable bonds is 14. The third-order valence-electron chi connectivity index (χ3n) is 9.34. The molecule has 6 aromatic carbocycles. The lowest BCUT2D eigenvalue weighted by Crippen LogP contribution is -2.23. The highest BCUT2D eigenvalue weighted by atomic mass is 32.2. The van der Waals surface area contributed by atoms with Gasteiger partial charge in [0.2, 0.25) is 0 Å². The smallest absolute Gasteiger partial charge is 0.322 e. The maximum atomic E-state index is 13.7. The van der Waals surface area contributed by atoms with Gasteiger partial charge in [0.1, 0.15) is 9.79 Å². The van der Waals surface area contributed by atoms with Gasteiger partial charge >= 0.3 is 6.03 Å². The number of carbonyl (C=O) groups excluding carboxylic acids is 5. The van der Waals surface area contributed by atoms with E-state index < -0.39 is 101 Å². The van der Waals surface area contributed by atoms with Crippen molar-refractivity contribution in [3.05, 3.63) is 155 Å². The third-order valence-corrected chi connectivity index (χ3v) is 12.9. The Hall–Kier alpha value is -7.89. The zero-order chi connectivity index (χ0) is 50.6. The lowest BCUT2D eigenvalue weighted by molar-refractivity contribution is 0.101. The second kappa shape index (κ2) is 19.8. The Kier molecular flexibility index (Phi) is 14.5. The van der Waals surface area contributed by atoms with Crippen molar-refractivity contribution in [3.8, 4) is 0 Å². The molecule has 0 aromatic heterocycles. The Morgan fingerprint density at radius 3 is 1.16 bits per heavy atom. The summed E-state index contributed by atoms with van der Waals surface area (Å²) in [7, 11) is -19.7. The van der Waals surface area contributed by atoms with Gasteiger partial charge in [0.15, 0.2) is 0 Å². The Labute approximate surface area is 392 Å². The Bertz CT molecular complexity index is 3550. The molecule has 0 aliphatic rings. The van der Waals surface area contributed by atoms with Crippen LogP contribution in [0.15, 0.2) is 147 Å². The van der Waals surface area contributed by atoms with Crippen LogP contribution in [0.2, 0.25) is 0 Å². The minimum atomic E-state index is -5.25. The van der Waals surface area contributed by atoms with E-state index in [0.29, 0.717) is 11.8 Å². The molecule has 0 saturated heterocycles. The van der Waals surface area contributed by atoms with Crippen molar-refractivity contribution in [1.29, 1.82) is 0 Å². The molecule has 358 valence electrons. The van der Waals surface area contributed by atoms with Crippen molar-refractivity contribution in [2.45, 2.75) is 26.5 Å². The molecule has 0 aliphatic heterocycles. The molecule has 0 spiro atoms. The second-order valence-electron chi connectivity index (χ2n) is 14.4. The van der Waals surface area contributed by atoms with Crippen LogP contribution in [0.5, 0.6) is 0 Å².